The number of rotatable bonds is 3. The van der Waals surface area contributed by atoms with Crippen LogP contribution in [-0.4, -0.2) is 9.97 Å². The summed E-state index contributed by atoms with van der Waals surface area (Å²) in [6, 6.07) is 9.45. The Morgan fingerprint density at radius 1 is 1.37 bits per heavy atom. The van der Waals surface area contributed by atoms with Gasteiger partial charge in [-0.05, 0) is 40.3 Å². The number of aromatic amines is 1. The van der Waals surface area contributed by atoms with E-state index in [2.05, 4.69) is 38.6 Å². The lowest BCUT2D eigenvalue weighted by Crippen LogP contribution is -2.09. The molecule has 3 N–H and O–H groups in total. The molecule has 2 aromatic rings. The fourth-order valence-corrected chi connectivity index (χ4v) is 2.73. The topological polar surface area (TPSA) is 71.8 Å². The molecule has 6 heteroatoms. The molecule has 4 nitrogen and oxygen atoms in total. The number of benzene rings is 1. The molecule has 0 fully saturated rings. The third kappa shape index (κ3) is 5.65. The highest BCUT2D eigenvalue weighted by Gasteiger charge is 2.01. The van der Waals surface area contributed by atoms with E-state index >= 15 is 0 Å². The zero-order valence-electron chi connectivity index (χ0n) is 10.8. The number of hydrogen-bond donors (Lipinski definition) is 2. The van der Waals surface area contributed by atoms with Gasteiger partial charge in [0.2, 0.25) is 0 Å². The van der Waals surface area contributed by atoms with Crippen LogP contribution < -0.4 is 11.3 Å². The minimum absolute atomic E-state index is 0.220. The first-order valence-corrected chi connectivity index (χ1v) is 7.94. The van der Waals surface area contributed by atoms with Crippen molar-refractivity contribution in [3.05, 3.63) is 49.8 Å². The zero-order chi connectivity index (χ0) is 14.3. The average Bonchev–Trinajstić information content (AvgIpc) is 2.38. The molecule has 2 rings (SSSR count). The summed E-state index contributed by atoms with van der Waals surface area (Å²) < 4.78 is 1.19. The minimum Gasteiger partial charge on any atom is -0.383 e. The SMILES string of the molecule is CC.Nc1cc(=O)[nH]c(SCc2cccc(I)c2)n1. The maximum atomic E-state index is 11.2. The first-order chi connectivity index (χ1) is 9.13. The third-order valence-electron chi connectivity index (χ3n) is 2.00. The fraction of sp³-hybridized carbons (Fsp3) is 0.231. The Labute approximate surface area is 130 Å². The highest BCUT2D eigenvalue weighted by Crippen LogP contribution is 2.19. The summed E-state index contributed by atoms with van der Waals surface area (Å²) in [6.45, 7) is 4.00. The van der Waals surface area contributed by atoms with E-state index in [1.165, 1.54) is 27.0 Å². The molecule has 0 amide bonds. The summed E-state index contributed by atoms with van der Waals surface area (Å²) in [5.41, 5.74) is 6.47. The van der Waals surface area contributed by atoms with Crippen LogP contribution in [0.15, 0.2) is 40.3 Å². The standard InChI is InChI=1S/C11H10IN3OS.C2H6/c12-8-3-1-2-7(4-8)6-17-11-14-9(13)5-10(16)15-11;1-2/h1-5H,6H2,(H3,13,14,15,16);1-2H3. The predicted molar refractivity (Wildman–Crippen MR) is 89.3 cm³/mol. The molecule has 0 spiro atoms. The van der Waals surface area contributed by atoms with Crippen LogP contribution in [0.25, 0.3) is 0 Å². The summed E-state index contributed by atoms with van der Waals surface area (Å²) in [7, 11) is 0. The Hall–Kier alpha value is -1.02. The Morgan fingerprint density at radius 2 is 2.11 bits per heavy atom. The number of nitrogen functional groups attached to an aromatic ring is 1. The van der Waals surface area contributed by atoms with E-state index in [-0.39, 0.29) is 11.4 Å². The van der Waals surface area contributed by atoms with Gasteiger partial charge in [0.1, 0.15) is 5.82 Å². The Balaban J connectivity index is 0.000000861. The van der Waals surface area contributed by atoms with Crippen molar-refractivity contribution in [1.82, 2.24) is 9.97 Å². The molecular weight excluding hydrogens is 373 g/mol. The Bertz CT molecular complexity index is 586. The van der Waals surface area contributed by atoms with E-state index < -0.39 is 0 Å². The van der Waals surface area contributed by atoms with Gasteiger partial charge in [-0.1, -0.05) is 37.7 Å². The van der Waals surface area contributed by atoms with Crippen molar-refractivity contribution in [3.63, 3.8) is 0 Å². The first-order valence-electron chi connectivity index (χ1n) is 5.87. The molecule has 0 aliphatic heterocycles. The van der Waals surface area contributed by atoms with E-state index in [1.54, 1.807) is 0 Å². The number of nitrogens with zero attached hydrogens (tertiary/aromatic N) is 1. The van der Waals surface area contributed by atoms with Gasteiger partial charge >= 0.3 is 0 Å². The molecule has 0 bridgehead atoms. The number of halogens is 1. The summed E-state index contributed by atoms with van der Waals surface area (Å²) in [5, 5.41) is 0.550. The second-order valence-corrected chi connectivity index (χ2v) is 5.60. The summed E-state index contributed by atoms with van der Waals surface area (Å²) in [4.78, 5) is 17.9. The van der Waals surface area contributed by atoms with Crippen LogP contribution >= 0.6 is 34.4 Å². The second kappa shape index (κ2) is 8.21. The molecular formula is C13H16IN3OS. The predicted octanol–water partition coefficient (Wildman–Crippen LogP) is 3.28. The van der Waals surface area contributed by atoms with Gasteiger partial charge in [0.15, 0.2) is 5.16 Å². The lowest BCUT2D eigenvalue weighted by atomic mass is 10.2. The molecule has 102 valence electrons. The monoisotopic (exact) mass is 389 g/mol. The smallest absolute Gasteiger partial charge is 0.253 e. The molecule has 1 aromatic carbocycles. The van der Waals surface area contributed by atoms with Crippen LogP contribution in [0.4, 0.5) is 5.82 Å². The summed E-state index contributed by atoms with van der Waals surface area (Å²) >= 11 is 3.73. The normalized spacial score (nSPS) is 9.63. The van der Waals surface area contributed by atoms with E-state index in [0.717, 1.165) is 5.75 Å². The van der Waals surface area contributed by atoms with Gasteiger partial charge in [-0.25, -0.2) is 4.98 Å². The van der Waals surface area contributed by atoms with Crippen molar-refractivity contribution in [2.75, 3.05) is 5.73 Å². The summed E-state index contributed by atoms with van der Waals surface area (Å²) in [5.74, 6) is 1.00. The number of anilines is 1. The molecule has 0 aliphatic carbocycles. The highest BCUT2D eigenvalue weighted by molar-refractivity contribution is 14.1. The molecule has 0 atom stereocenters. The van der Waals surface area contributed by atoms with Gasteiger partial charge < -0.3 is 10.7 Å². The van der Waals surface area contributed by atoms with E-state index in [4.69, 9.17) is 5.73 Å². The molecule has 0 saturated carbocycles. The van der Waals surface area contributed by atoms with Crippen LogP contribution in [0.5, 0.6) is 0 Å². The quantitative estimate of drug-likeness (QED) is 0.480. The van der Waals surface area contributed by atoms with Crippen molar-refractivity contribution in [2.24, 2.45) is 0 Å². The second-order valence-electron chi connectivity index (χ2n) is 3.39. The Kier molecular flexibility index (Phi) is 6.93. The molecule has 19 heavy (non-hydrogen) atoms. The van der Waals surface area contributed by atoms with Gasteiger partial charge in [-0.2, -0.15) is 0 Å². The molecule has 0 saturated heterocycles. The fourth-order valence-electron chi connectivity index (χ4n) is 1.30. The maximum Gasteiger partial charge on any atom is 0.253 e. The van der Waals surface area contributed by atoms with E-state index in [9.17, 15) is 4.79 Å². The van der Waals surface area contributed by atoms with E-state index in [1.807, 2.05) is 32.0 Å². The van der Waals surface area contributed by atoms with Gasteiger partial charge in [-0.15, -0.1) is 0 Å². The molecule has 0 unspecified atom stereocenters. The number of nitrogens with two attached hydrogens (primary N) is 1. The first kappa shape index (κ1) is 16.0. The van der Waals surface area contributed by atoms with E-state index in [0.29, 0.717) is 5.16 Å². The molecule has 0 aliphatic rings. The van der Waals surface area contributed by atoms with Crippen molar-refractivity contribution >= 4 is 40.2 Å². The molecule has 1 heterocycles. The number of thioether (sulfide) groups is 1. The lowest BCUT2D eigenvalue weighted by molar-refractivity contribution is 0.945. The van der Waals surface area contributed by atoms with Crippen LogP contribution in [0.3, 0.4) is 0 Å². The van der Waals surface area contributed by atoms with Crippen LogP contribution in [-0.2, 0) is 5.75 Å². The van der Waals surface area contributed by atoms with Crippen LogP contribution in [0.2, 0.25) is 0 Å². The van der Waals surface area contributed by atoms with Crippen LogP contribution in [0.1, 0.15) is 19.4 Å². The van der Waals surface area contributed by atoms with Crippen molar-refractivity contribution in [2.45, 2.75) is 24.8 Å². The maximum absolute atomic E-state index is 11.2. The van der Waals surface area contributed by atoms with Gasteiger partial charge in [0, 0.05) is 15.4 Å². The van der Waals surface area contributed by atoms with Crippen molar-refractivity contribution in [1.29, 1.82) is 0 Å². The van der Waals surface area contributed by atoms with Crippen molar-refractivity contribution in [3.8, 4) is 0 Å². The number of hydrogen-bond acceptors (Lipinski definition) is 4. The van der Waals surface area contributed by atoms with Gasteiger partial charge in [-0.3, -0.25) is 4.79 Å². The van der Waals surface area contributed by atoms with Gasteiger partial charge in [0.25, 0.3) is 5.56 Å². The lowest BCUT2D eigenvalue weighted by Gasteiger charge is -2.02. The third-order valence-corrected chi connectivity index (χ3v) is 3.62. The average molecular weight is 389 g/mol. The minimum atomic E-state index is -0.220. The molecule has 0 radical (unpaired) electrons. The van der Waals surface area contributed by atoms with Crippen LogP contribution in [0, 0.1) is 3.57 Å². The number of aromatic nitrogens is 2. The molecule has 1 aromatic heterocycles. The Morgan fingerprint density at radius 3 is 2.74 bits per heavy atom. The number of nitrogens with one attached hydrogen (secondary N) is 1. The zero-order valence-corrected chi connectivity index (χ0v) is 13.8. The largest absolute Gasteiger partial charge is 0.383 e. The van der Waals surface area contributed by atoms with Gasteiger partial charge in [0.05, 0.1) is 0 Å². The number of H-pyrrole nitrogens is 1. The summed E-state index contributed by atoms with van der Waals surface area (Å²) in [6.07, 6.45) is 0. The van der Waals surface area contributed by atoms with Crippen molar-refractivity contribution < 1.29 is 0 Å². The highest BCUT2D eigenvalue weighted by atomic mass is 127.